The second kappa shape index (κ2) is 6.29. The summed E-state index contributed by atoms with van der Waals surface area (Å²) >= 11 is 0. The molecule has 19 heavy (non-hydrogen) atoms. The summed E-state index contributed by atoms with van der Waals surface area (Å²) in [5.74, 6) is 0.0809. The molecule has 1 aliphatic rings. The van der Waals surface area contributed by atoms with E-state index in [1.165, 1.54) is 12.1 Å². The molecule has 1 aliphatic heterocycles. The molecule has 0 aliphatic carbocycles. The van der Waals surface area contributed by atoms with Gasteiger partial charge in [0.2, 0.25) is 5.91 Å². The van der Waals surface area contributed by atoms with Gasteiger partial charge in [-0.15, -0.1) is 0 Å². The Morgan fingerprint density at radius 1 is 1.42 bits per heavy atom. The molecule has 0 spiro atoms. The maximum Gasteiger partial charge on any atom is 0.269 e. The SMILES string of the molecule is O=C(NCc1ccc([N+](=O)[O-])cc1)[C@@H]1CCCNC1. The van der Waals surface area contributed by atoms with Crippen LogP contribution >= 0.6 is 0 Å². The van der Waals surface area contributed by atoms with Gasteiger partial charge < -0.3 is 10.6 Å². The molecule has 1 aromatic rings. The highest BCUT2D eigenvalue weighted by molar-refractivity contribution is 5.78. The van der Waals surface area contributed by atoms with Crippen molar-refractivity contribution < 1.29 is 9.72 Å². The van der Waals surface area contributed by atoms with E-state index in [9.17, 15) is 14.9 Å². The fraction of sp³-hybridized carbons (Fsp3) is 0.462. The quantitative estimate of drug-likeness (QED) is 0.631. The first-order valence-electron chi connectivity index (χ1n) is 6.38. The summed E-state index contributed by atoms with van der Waals surface area (Å²) in [7, 11) is 0. The first-order valence-corrected chi connectivity index (χ1v) is 6.38. The molecule has 1 fully saturated rings. The molecular weight excluding hydrogens is 246 g/mol. The van der Waals surface area contributed by atoms with Crippen LogP contribution < -0.4 is 10.6 Å². The van der Waals surface area contributed by atoms with Crippen LogP contribution in [0.1, 0.15) is 18.4 Å². The number of nitrogens with one attached hydrogen (secondary N) is 2. The van der Waals surface area contributed by atoms with Crippen molar-refractivity contribution in [3.8, 4) is 0 Å². The summed E-state index contributed by atoms with van der Waals surface area (Å²) in [5, 5.41) is 16.6. The number of carbonyl (C=O) groups is 1. The van der Waals surface area contributed by atoms with Crippen LogP contribution in [0.3, 0.4) is 0 Å². The Bertz CT molecular complexity index is 453. The minimum atomic E-state index is -0.434. The maximum atomic E-state index is 11.9. The van der Waals surface area contributed by atoms with Crippen LogP contribution in [0.5, 0.6) is 0 Å². The molecular formula is C13H17N3O3. The van der Waals surface area contributed by atoms with Crippen molar-refractivity contribution in [3.63, 3.8) is 0 Å². The molecule has 0 unspecified atom stereocenters. The van der Waals surface area contributed by atoms with E-state index in [2.05, 4.69) is 10.6 Å². The molecule has 6 nitrogen and oxygen atoms in total. The number of nitrogens with zero attached hydrogens (tertiary/aromatic N) is 1. The van der Waals surface area contributed by atoms with E-state index in [4.69, 9.17) is 0 Å². The zero-order valence-electron chi connectivity index (χ0n) is 10.6. The third-order valence-corrected chi connectivity index (χ3v) is 3.28. The molecule has 0 saturated carbocycles. The number of nitro benzene ring substituents is 1. The van der Waals surface area contributed by atoms with Gasteiger partial charge in [-0.3, -0.25) is 14.9 Å². The Hall–Kier alpha value is -1.95. The molecule has 1 atom stereocenters. The van der Waals surface area contributed by atoms with E-state index in [1.54, 1.807) is 12.1 Å². The predicted octanol–water partition coefficient (Wildman–Crippen LogP) is 1.21. The highest BCUT2D eigenvalue weighted by atomic mass is 16.6. The van der Waals surface area contributed by atoms with Crippen molar-refractivity contribution in [1.82, 2.24) is 10.6 Å². The first-order chi connectivity index (χ1) is 9.16. The topological polar surface area (TPSA) is 84.3 Å². The first kappa shape index (κ1) is 13.5. The summed E-state index contributed by atoms with van der Waals surface area (Å²) in [6.07, 6.45) is 1.94. The number of amides is 1. The fourth-order valence-corrected chi connectivity index (χ4v) is 2.14. The number of carbonyl (C=O) groups excluding carboxylic acids is 1. The lowest BCUT2D eigenvalue weighted by Gasteiger charge is -2.21. The third kappa shape index (κ3) is 3.75. The van der Waals surface area contributed by atoms with Gasteiger partial charge in [0.1, 0.15) is 0 Å². The van der Waals surface area contributed by atoms with E-state index in [0.29, 0.717) is 6.54 Å². The van der Waals surface area contributed by atoms with Gasteiger partial charge >= 0.3 is 0 Å². The zero-order valence-corrected chi connectivity index (χ0v) is 10.6. The summed E-state index contributed by atoms with van der Waals surface area (Å²) in [6, 6.07) is 6.22. The Kier molecular flexibility index (Phi) is 4.46. The molecule has 0 radical (unpaired) electrons. The largest absolute Gasteiger partial charge is 0.352 e. The van der Waals surface area contributed by atoms with Crippen LogP contribution in [-0.4, -0.2) is 23.9 Å². The van der Waals surface area contributed by atoms with E-state index in [1.807, 2.05) is 0 Å². The van der Waals surface area contributed by atoms with Crippen molar-refractivity contribution in [3.05, 3.63) is 39.9 Å². The van der Waals surface area contributed by atoms with E-state index in [0.717, 1.165) is 31.5 Å². The molecule has 2 rings (SSSR count). The van der Waals surface area contributed by atoms with Crippen LogP contribution in [0.4, 0.5) is 5.69 Å². The van der Waals surface area contributed by atoms with E-state index in [-0.39, 0.29) is 17.5 Å². The summed E-state index contributed by atoms with van der Waals surface area (Å²) < 4.78 is 0. The minimum Gasteiger partial charge on any atom is -0.352 e. The molecule has 6 heteroatoms. The van der Waals surface area contributed by atoms with Gasteiger partial charge in [0.25, 0.3) is 5.69 Å². The number of benzene rings is 1. The molecule has 0 aromatic heterocycles. The van der Waals surface area contributed by atoms with Gasteiger partial charge in [-0.1, -0.05) is 12.1 Å². The molecule has 2 N–H and O–H groups in total. The number of hydrogen-bond donors (Lipinski definition) is 2. The van der Waals surface area contributed by atoms with Crippen molar-refractivity contribution >= 4 is 11.6 Å². The van der Waals surface area contributed by atoms with E-state index >= 15 is 0 Å². The van der Waals surface area contributed by atoms with Crippen molar-refractivity contribution in [2.75, 3.05) is 13.1 Å². The predicted molar refractivity (Wildman–Crippen MR) is 70.5 cm³/mol. The zero-order chi connectivity index (χ0) is 13.7. The number of nitro groups is 1. The normalized spacial score (nSPS) is 18.8. The average Bonchev–Trinajstić information content (AvgIpc) is 2.46. The van der Waals surface area contributed by atoms with Crippen molar-refractivity contribution in [2.45, 2.75) is 19.4 Å². The lowest BCUT2D eigenvalue weighted by atomic mass is 9.99. The third-order valence-electron chi connectivity index (χ3n) is 3.28. The van der Waals surface area contributed by atoms with Crippen LogP contribution in [0.25, 0.3) is 0 Å². The standard InChI is InChI=1S/C13H17N3O3/c17-13(11-2-1-7-14-9-11)15-8-10-3-5-12(6-4-10)16(18)19/h3-6,11,14H,1-2,7-9H2,(H,15,17)/t11-/m1/s1. The maximum absolute atomic E-state index is 11.9. The van der Waals surface area contributed by atoms with Crippen LogP contribution in [0.15, 0.2) is 24.3 Å². The van der Waals surface area contributed by atoms with Crippen LogP contribution in [-0.2, 0) is 11.3 Å². The van der Waals surface area contributed by atoms with Gasteiger partial charge in [-0.05, 0) is 24.9 Å². The van der Waals surface area contributed by atoms with Gasteiger partial charge in [0.05, 0.1) is 10.8 Å². The smallest absolute Gasteiger partial charge is 0.269 e. The Morgan fingerprint density at radius 3 is 2.74 bits per heavy atom. The van der Waals surface area contributed by atoms with Crippen LogP contribution in [0.2, 0.25) is 0 Å². The number of piperidine rings is 1. The Labute approximate surface area is 111 Å². The van der Waals surface area contributed by atoms with E-state index < -0.39 is 4.92 Å². The Morgan fingerprint density at radius 2 is 2.16 bits per heavy atom. The van der Waals surface area contributed by atoms with Crippen LogP contribution in [0, 0.1) is 16.0 Å². The fourth-order valence-electron chi connectivity index (χ4n) is 2.14. The second-order valence-corrected chi connectivity index (χ2v) is 4.68. The molecule has 1 heterocycles. The lowest BCUT2D eigenvalue weighted by Crippen LogP contribution is -2.40. The number of rotatable bonds is 4. The monoisotopic (exact) mass is 263 g/mol. The van der Waals surface area contributed by atoms with Gasteiger partial charge in [0, 0.05) is 25.2 Å². The van der Waals surface area contributed by atoms with Crippen molar-refractivity contribution in [1.29, 1.82) is 0 Å². The highest BCUT2D eigenvalue weighted by Gasteiger charge is 2.20. The van der Waals surface area contributed by atoms with Crippen molar-refractivity contribution in [2.24, 2.45) is 5.92 Å². The number of hydrogen-bond acceptors (Lipinski definition) is 4. The molecule has 1 saturated heterocycles. The minimum absolute atomic E-state index is 0.0341. The molecule has 1 amide bonds. The lowest BCUT2D eigenvalue weighted by molar-refractivity contribution is -0.384. The average molecular weight is 263 g/mol. The number of non-ortho nitro benzene ring substituents is 1. The van der Waals surface area contributed by atoms with Gasteiger partial charge in [0.15, 0.2) is 0 Å². The molecule has 1 aromatic carbocycles. The molecule has 102 valence electrons. The van der Waals surface area contributed by atoms with Gasteiger partial charge in [-0.2, -0.15) is 0 Å². The van der Waals surface area contributed by atoms with Gasteiger partial charge in [-0.25, -0.2) is 0 Å². The Balaban J connectivity index is 1.84. The molecule has 0 bridgehead atoms. The highest BCUT2D eigenvalue weighted by Crippen LogP contribution is 2.13. The second-order valence-electron chi connectivity index (χ2n) is 4.68. The summed E-state index contributed by atoms with van der Waals surface area (Å²) in [4.78, 5) is 22.0. The summed E-state index contributed by atoms with van der Waals surface area (Å²) in [6.45, 7) is 2.12. The summed E-state index contributed by atoms with van der Waals surface area (Å²) in [5.41, 5.74) is 0.925.